The third kappa shape index (κ3) is 5.57. The predicted molar refractivity (Wildman–Crippen MR) is 132 cm³/mol. The summed E-state index contributed by atoms with van der Waals surface area (Å²) in [5.74, 6) is -2.42. The summed E-state index contributed by atoms with van der Waals surface area (Å²) in [7, 11) is 1.65. The second-order valence-corrected chi connectivity index (χ2v) is 9.80. The number of oxime groups is 1. The number of thioether (sulfide) groups is 2. The number of aliphatic carboxylic acids is 1. The van der Waals surface area contributed by atoms with Crippen molar-refractivity contribution in [3.05, 3.63) is 41.1 Å². The number of ether oxygens (including phenoxy) is 1. The molecule has 1 unspecified atom stereocenters. The van der Waals surface area contributed by atoms with Crippen LogP contribution in [0, 0.1) is 0 Å². The van der Waals surface area contributed by atoms with Crippen molar-refractivity contribution in [2.24, 2.45) is 12.2 Å². The summed E-state index contributed by atoms with van der Waals surface area (Å²) < 4.78 is 6.09. The SMILES string of the molecule is CCOC(=O)ON=C(C(=O)NC1C(=O)N2C(C(=O)O)=C(CSc3nnnn3C)CS[C@@H]12)c1cccc(O)c1. The third-order valence-electron chi connectivity index (χ3n) is 5.30. The van der Waals surface area contributed by atoms with Gasteiger partial charge in [-0.2, -0.15) is 0 Å². The highest BCUT2D eigenvalue weighted by Gasteiger charge is 2.54. The number of carbonyl (C=O) groups excluding carboxylic acids is 3. The predicted octanol–water partition coefficient (Wildman–Crippen LogP) is 0.324. The molecule has 1 saturated heterocycles. The number of phenolic OH excluding ortho intramolecular Hbond substituents is 1. The third-order valence-corrected chi connectivity index (χ3v) is 7.74. The Kier molecular flexibility index (Phi) is 8.16. The molecule has 2 aliphatic heterocycles. The molecule has 2 aromatic rings. The number of benzene rings is 1. The first kappa shape index (κ1) is 26.9. The number of carboxylic acids is 1. The number of amides is 2. The smallest absolute Gasteiger partial charge is 0.508 e. The van der Waals surface area contributed by atoms with Crippen LogP contribution in [-0.4, -0.2) is 94.5 Å². The first-order chi connectivity index (χ1) is 18.2. The Balaban J connectivity index is 1.51. The number of nitrogens with one attached hydrogen (secondary N) is 1. The van der Waals surface area contributed by atoms with E-state index >= 15 is 0 Å². The normalized spacial score (nSPS) is 18.9. The summed E-state index contributed by atoms with van der Waals surface area (Å²) in [4.78, 5) is 55.6. The first-order valence-electron chi connectivity index (χ1n) is 11.0. The Bertz CT molecular complexity index is 1340. The van der Waals surface area contributed by atoms with E-state index < -0.39 is 41.1 Å². The van der Waals surface area contributed by atoms with E-state index in [1.165, 1.54) is 52.5 Å². The summed E-state index contributed by atoms with van der Waals surface area (Å²) in [6, 6.07) is 4.42. The van der Waals surface area contributed by atoms with E-state index in [1.807, 2.05) is 0 Å². The average Bonchev–Trinajstić information content (AvgIpc) is 3.30. The Morgan fingerprint density at radius 2 is 2.13 bits per heavy atom. The maximum absolute atomic E-state index is 13.1. The number of aromatic hydroxyl groups is 1. The van der Waals surface area contributed by atoms with Gasteiger partial charge in [0, 0.05) is 24.1 Å². The molecular weight excluding hydrogens is 542 g/mol. The maximum Gasteiger partial charge on any atom is 0.535 e. The minimum Gasteiger partial charge on any atom is -0.508 e. The number of hydrogen-bond acceptors (Lipinski definition) is 13. The standard InChI is InChI=1S/C21H21N7O8S2/c1-3-35-21(34)36-24-13(10-5-4-6-12(29)7-10)16(30)22-14-17(31)28-15(19(32)33)11(8-37-18(14)28)9-38-20-23-25-26-27(20)2/h4-7,14,18,29H,3,8-9H2,1-2H3,(H,22,30)(H,32,33)/t14?,18-/m0/s1. The van der Waals surface area contributed by atoms with Gasteiger partial charge in [0.2, 0.25) is 5.16 Å². The Labute approximate surface area is 223 Å². The Morgan fingerprint density at radius 3 is 2.79 bits per heavy atom. The van der Waals surface area contributed by atoms with E-state index in [1.54, 1.807) is 14.0 Å². The lowest BCUT2D eigenvalue weighted by atomic mass is 10.0. The maximum atomic E-state index is 13.1. The van der Waals surface area contributed by atoms with Crippen molar-refractivity contribution < 1.29 is 39.0 Å². The van der Waals surface area contributed by atoms with Crippen LogP contribution in [0.15, 0.2) is 45.8 Å². The molecular formula is C21H21N7O8S2. The molecule has 200 valence electrons. The van der Waals surface area contributed by atoms with Gasteiger partial charge in [0.25, 0.3) is 11.8 Å². The van der Waals surface area contributed by atoms with Gasteiger partial charge in [0.1, 0.15) is 22.9 Å². The number of tetrazole rings is 1. The molecule has 2 aliphatic rings. The van der Waals surface area contributed by atoms with Gasteiger partial charge >= 0.3 is 12.1 Å². The lowest BCUT2D eigenvalue weighted by Gasteiger charge is -2.49. The molecule has 3 heterocycles. The van der Waals surface area contributed by atoms with Crippen LogP contribution < -0.4 is 5.32 Å². The van der Waals surface area contributed by atoms with Gasteiger partial charge in [-0.15, -0.1) is 16.9 Å². The molecule has 0 bridgehead atoms. The largest absolute Gasteiger partial charge is 0.535 e. The van der Waals surface area contributed by atoms with Crippen molar-refractivity contribution in [2.75, 3.05) is 18.1 Å². The van der Waals surface area contributed by atoms with E-state index in [2.05, 4.69) is 35.6 Å². The van der Waals surface area contributed by atoms with Crippen molar-refractivity contribution in [3.8, 4) is 5.75 Å². The molecule has 17 heteroatoms. The van der Waals surface area contributed by atoms with E-state index in [0.29, 0.717) is 16.5 Å². The van der Waals surface area contributed by atoms with Crippen LogP contribution in [0.5, 0.6) is 5.75 Å². The van der Waals surface area contributed by atoms with Crippen LogP contribution in [0.1, 0.15) is 12.5 Å². The minimum atomic E-state index is -1.27. The van der Waals surface area contributed by atoms with Crippen LogP contribution in [0.2, 0.25) is 0 Å². The molecule has 2 amide bonds. The number of hydrogen-bond donors (Lipinski definition) is 3. The highest BCUT2D eigenvalue weighted by molar-refractivity contribution is 8.01. The summed E-state index contributed by atoms with van der Waals surface area (Å²) >= 11 is 2.52. The fraction of sp³-hybridized carbons (Fsp3) is 0.333. The van der Waals surface area contributed by atoms with Gasteiger partial charge in [-0.05, 0) is 35.1 Å². The lowest BCUT2D eigenvalue weighted by molar-refractivity contribution is -0.150. The van der Waals surface area contributed by atoms with Crippen LogP contribution >= 0.6 is 23.5 Å². The molecule has 1 fully saturated rings. The molecule has 0 aliphatic carbocycles. The molecule has 38 heavy (non-hydrogen) atoms. The number of carboxylic acid groups (broad SMARTS) is 1. The van der Waals surface area contributed by atoms with Crippen molar-refractivity contribution in [1.82, 2.24) is 30.4 Å². The number of β-lactam (4-membered cyclic amide) rings is 1. The Morgan fingerprint density at radius 1 is 1.34 bits per heavy atom. The summed E-state index contributed by atoms with van der Waals surface area (Å²) in [5, 5.41) is 36.7. The molecule has 4 rings (SSSR count). The fourth-order valence-corrected chi connectivity index (χ4v) is 5.94. The summed E-state index contributed by atoms with van der Waals surface area (Å²) in [6.07, 6.45) is -1.15. The second kappa shape index (κ2) is 11.5. The van der Waals surface area contributed by atoms with E-state index in [4.69, 9.17) is 0 Å². The van der Waals surface area contributed by atoms with Gasteiger partial charge < -0.3 is 20.3 Å². The summed E-state index contributed by atoms with van der Waals surface area (Å²) in [6.45, 7) is 1.57. The van der Waals surface area contributed by atoms with Gasteiger partial charge in [0.15, 0.2) is 5.71 Å². The van der Waals surface area contributed by atoms with Crippen LogP contribution in [0.3, 0.4) is 0 Å². The summed E-state index contributed by atoms with van der Waals surface area (Å²) in [5.41, 5.74) is 0.0638. The van der Waals surface area contributed by atoms with Gasteiger partial charge in [-0.1, -0.05) is 29.1 Å². The first-order valence-corrected chi connectivity index (χ1v) is 13.0. The zero-order valence-corrected chi connectivity index (χ0v) is 21.6. The number of fused-ring (bicyclic) bond motifs is 1. The molecule has 3 N–H and O–H groups in total. The van der Waals surface area contributed by atoms with Crippen molar-refractivity contribution >= 4 is 53.2 Å². The molecule has 1 aromatic carbocycles. The molecule has 2 atom stereocenters. The number of rotatable bonds is 9. The highest BCUT2D eigenvalue weighted by Crippen LogP contribution is 2.41. The number of nitrogens with zero attached hydrogens (tertiary/aromatic N) is 6. The average molecular weight is 564 g/mol. The van der Waals surface area contributed by atoms with Crippen molar-refractivity contribution in [2.45, 2.75) is 23.5 Å². The number of aromatic nitrogens is 4. The number of aryl methyl sites for hydroxylation is 1. The number of phenols is 1. The van der Waals surface area contributed by atoms with Crippen LogP contribution in [0.4, 0.5) is 4.79 Å². The quantitative estimate of drug-likeness (QED) is 0.0942. The monoisotopic (exact) mass is 563 g/mol. The zero-order valence-electron chi connectivity index (χ0n) is 19.9. The van der Waals surface area contributed by atoms with E-state index in [9.17, 15) is 29.4 Å². The van der Waals surface area contributed by atoms with Crippen molar-refractivity contribution in [1.29, 1.82) is 0 Å². The van der Waals surface area contributed by atoms with Crippen LogP contribution in [-0.2, 0) is 31.0 Å². The van der Waals surface area contributed by atoms with E-state index in [-0.39, 0.29) is 29.4 Å². The topological polar surface area (TPSA) is 198 Å². The molecule has 15 nitrogen and oxygen atoms in total. The molecule has 0 saturated carbocycles. The Hall–Kier alpha value is -4.12. The molecule has 1 aromatic heterocycles. The van der Waals surface area contributed by atoms with Gasteiger partial charge in [-0.3, -0.25) is 19.3 Å². The number of carbonyl (C=O) groups is 4. The van der Waals surface area contributed by atoms with Gasteiger partial charge in [0.05, 0.1) is 6.61 Å². The van der Waals surface area contributed by atoms with Crippen molar-refractivity contribution in [3.63, 3.8) is 0 Å². The van der Waals surface area contributed by atoms with Gasteiger partial charge in [-0.25, -0.2) is 14.3 Å². The highest BCUT2D eigenvalue weighted by atomic mass is 32.2. The van der Waals surface area contributed by atoms with E-state index in [0.717, 1.165) is 4.90 Å². The second-order valence-electron chi connectivity index (χ2n) is 7.76. The lowest BCUT2D eigenvalue weighted by Crippen LogP contribution is -2.71. The zero-order chi connectivity index (χ0) is 27.4. The molecule has 0 spiro atoms. The fourth-order valence-electron chi connectivity index (χ4n) is 3.60. The van der Waals surface area contributed by atoms with Crippen LogP contribution in [0.25, 0.3) is 0 Å². The molecule has 0 radical (unpaired) electrons. The minimum absolute atomic E-state index is 0.0166.